The number of rotatable bonds is 4. The van der Waals surface area contributed by atoms with Crippen molar-refractivity contribution in [2.24, 2.45) is 0 Å². The maximum absolute atomic E-state index is 4.53. The van der Waals surface area contributed by atoms with E-state index in [1.54, 1.807) is 6.33 Å². The van der Waals surface area contributed by atoms with Crippen LogP contribution in [0.1, 0.15) is 38.2 Å². The molecule has 1 aromatic rings. The molecule has 1 saturated heterocycles. The molecule has 0 amide bonds. The Morgan fingerprint density at radius 2 is 1.95 bits per heavy atom. The fourth-order valence-electron chi connectivity index (χ4n) is 3.00. The number of hydrogen-bond donors (Lipinski definition) is 2. The van der Waals surface area contributed by atoms with Gasteiger partial charge in [-0.15, -0.1) is 0 Å². The van der Waals surface area contributed by atoms with Gasteiger partial charge in [0.15, 0.2) is 0 Å². The van der Waals surface area contributed by atoms with E-state index < -0.39 is 0 Å². The molecular formula is C15H29N5. The second-order valence-corrected chi connectivity index (χ2v) is 6.68. The SMILES string of the molecule is CNCC(c1nc[nH]c1C)N1CCN(C(C)(C)C)CC1. The standard InChI is InChI=1S/C15H29N5/c1-12-14(18-11-17-12)13(10-16-5)19-6-8-20(9-7-19)15(2,3)4/h11,13,16H,6-10H2,1-5H3,(H,17,18). The van der Waals surface area contributed by atoms with Gasteiger partial charge in [0.1, 0.15) is 0 Å². The summed E-state index contributed by atoms with van der Waals surface area (Å²) in [4.78, 5) is 12.9. The molecular weight excluding hydrogens is 250 g/mol. The van der Waals surface area contributed by atoms with Crippen molar-refractivity contribution in [2.75, 3.05) is 39.8 Å². The van der Waals surface area contributed by atoms with Gasteiger partial charge in [-0.25, -0.2) is 4.98 Å². The topological polar surface area (TPSA) is 47.2 Å². The summed E-state index contributed by atoms with van der Waals surface area (Å²) < 4.78 is 0. The Morgan fingerprint density at radius 3 is 2.40 bits per heavy atom. The minimum absolute atomic E-state index is 0.271. The van der Waals surface area contributed by atoms with E-state index in [1.807, 2.05) is 7.05 Å². The van der Waals surface area contributed by atoms with Gasteiger partial charge in [0.2, 0.25) is 0 Å². The van der Waals surface area contributed by atoms with Crippen molar-refractivity contribution in [2.45, 2.75) is 39.3 Å². The molecule has 0 spiro atoms. The molecule has 1 aromatic heterocycles. The highest BCUT2D eigenvalue weighted by atomic mass is 15.3. The highest BCUT2D eigenvalue weighted by molar-refractivity contribution is 5.15. The molecule has 0 aliphatic carbocycles. The van der Waals surface area contributed by atoms with E-state index in [0.29, 0.717) is 6.04 Å². The third-order valence-corrected chi connectivity index (χ3v) is 4.29. The Bertz CT molecular complexity index is 412. The van der Waals surface area contributed by atoms with Gasteiger partial charge in [-0.2, -0.15) is 0 Å². The molecule has 2 heterocycles. The van der Waals surface area contributed by atoms with E-state index in [-0.39, 0.29) is 5.54 Å². The van der Waals surface area contributed by atoms with Crippen LogP contribution in [0.2, 0.25) is 0 Å². The average molecular weight is 279 g/mol. The molecule has 5 nitrogen and oxygen atoms in total. The van der Waals surface area contributed by atoms with Crippen LogP contribution in [0.4, 0.5) is 0 Å². The summed E-state index contributed by atoms with van der Waals surface area (Å²) in [5, 5.41) is 3.31. The molecule has 0 aromatic carbocycles. The van der Waals surface area contributed by atoms with Crippen molar-refractivity contribution < 1.29 is 0 Å². The highest BCUT2D eigenvalue weighted by Crippen LogP contribution is 2.24. The van der Waals surface area contributed by atoms with Crippen molar-refractivity contribution in [3.05, 3.63) is 17.7 Å². The lowest BCUT2D eigenvalue weighted by Gasteiger charge is -2.44. The normalized spacial score (nSPS) is 20.2. The van der Waals surface area contributed by atoms with Crippen molar-refractivity contribution >= 4 is 0 Å². The molecule has 2 rings (SSSR count). The zero-order valence-corrected chi connectivity index (χ0v) is 13.5. The van der Waals surface area contributed by atoms with Crippen molar-refractivity contribution in [1.29, 1.82) is 0 Å². The van der Waals surface area contributed by atoms with E-state index in [4.69, 9.17) is 0 Å². The lowest BCUT2D eigenvalue weighted by atomic mass is 10.0. The molecule has 5 heteroatoms. The van der Waals surface area contributed by atoms with Gasteiger partial charge in [0.05, 0.1) is 18.1 Å². The summed E-state index contributed by atoms with van der Waals surface area (Å²) in [5.74, 6) is 0. The van der Waals surface area contributed by atoms with Gasteiger partial charge in [0.25, 0.3) is 0 Å². The first-order valence-electron chi connectivity index (χ1n) is 7.57. The number of imidazole rings is 1. The number of H-pyrrole nitrogens is 1. The maximum atomic E-state index is 4.53. The van der Waals surface area contributed by atoms with Crippen LogP contribution < -0.4 is 5.32 Å². The lowest BCUT2D eigenvalue weighted by Crippen LogP contribution is -2.54. The fourth-order valence-corrected chi connectivity index (χ4v) is 3.00. The van der Waals surface area contributed by atoms with Gasteiger partial charge in [-0.3, -0.25) is 9.80 Å². The van der Waals surface area contributed by atoms with E-state index >= 15 is 0 Å². The van der Waals surface area contributed by atoms with Crippen LogP contribution in [-0.4, -0.2) is 65.1 Å². The van der Waals surface area contributed by atoms with Crippen LogP contribution in [0.5, 0.6) is 0 Å². The van der Waals surface area contributed by atoms with Crippen LogP contribution in [0.3, 0.4) is 0 Å². The van der Waals surface area contributed by atoms with Crippen LogP contribution in [0, 0.1) is 6.92 Å². The Hall–Kier alpha value is -0.910. The quantitative estimate of drug-likeness (QED) is 0.874. The monoisotopic (exact) mass is 279 g/mol. The minimum atomic E-state index is 0.271. The van der Waals surface area contributed by atoms with Crippen molar-refractivity contribution in [3.8, 4) is 0 Å². The number of nitrogens with zero attached hydrogens (tertiary/aromatic N) is 3. The Labute approximate surface area is 122 Å². The summed E-state index contributed by atoms with van der Waals surface area (Å²) in [7, 11) is 2.01. The number of aromatic nitrogens is 2. The van der Waals surface area contributed by atoms with Gasteiger partial charge in [-0.05, 0) is 34.7 Å². The third-order valence-electron chi connectivity index (χ3n) is 4.29. The molecule has 20 heavy (non-hydrogen) atoms. The molecule has 1 aliphatic heterocycles. The van der Waals surface area contributed by atoms with E-state index in [9.17, 15) is 0 Å². The van der Waals surface area contributed by atoms with Crippen LogP contribution in [-0.2, 0) is 0 Å². The summed E-state index contributed by atoms with van der Waals surface area (Å²) in [6.45, 7) is 14.4. The van der Waals surface area contributed by atoms with Gasteiger partial charge >= 0.3 is 0 Å². The zero-order chi connectivity index (χ0) is 14.8. The van der Waals surface area contributed by atoms with Crippen LogP contribution in [0.25, 0.3) is 0 Å². The minimum Gasteiger partial charge on any atom is -0.348 e. The van der Waals surface area contributed by atoms with E-state index in [0.717, 1.165) is 32.7 Å². The first kappa shape index (κ1) is 15.5. The smallest absolute Gasteiger partial charge is 0.0925 e. The summed E-state index contributed by atoms with van der Waals surface area (Å²) >= 11 is 0. The number of aromatic amines is 1. The predicted molar refractivity (Wildman–Crippen MR) is 82.9 cm³/mol. The number of hydrogen-bond acceptors (Lipinski definition) is 4. The molecule has 0 saturated carbocycles. The first-order valence-corrected chi connectivity index (χ1v) is 7.57. The van der Waals surface area contributed by atoms with Gasteiger partial charge < -0.3 is 10.3 Å². The van der Waals surface area contributed by atoms with E-state index in [1.165, 1.54) is 11.4 Å². The van der Waals surface area contributed by atoms with Gasteiger partial charge in [0, 0.05) is 44.0 Å². The molecule has 1 atom stereocenters. The Balaban J connectivity index is 2.04. The lowest BCUT2D eigenvalue weighted by molar-refractivity contribution is 0.0410. The number of piperazine rings is 1. The van der Waals surface area contributed by atoms with Gasteiger partial charge in [-0.1, -0.05) is 0 Å². The summed E-state index contributed by atoms with van der Waals surface area (Å²) in [6, 6.07) is 0.369. The van der Waals surface area contributed by atoms with Crippen LogP contribution >= 0.6 is 0 Å². The Kier molecular flexibility index (Phi) is 4.83. The number of nitrogens with one attached hydrogen (secondary N) is 2. The Morgan fingerprint density at radius 1 is 1.30 bits per heavy atom. The molecule has 1 fully saturated rings. The molecule has 0 radical (unpaired) electrons. The van der Waals surface area contributed by atoms with Crippen molar-refractivity contribution in [1.82, 2.24) is 25.1 Å². The molecule has 1 aliphatic rings. The second kappa shape index (κ2) is 6.24. The summed E-state index contributed by atoms with van der Waals surface area (Å²) in [6.07, 6.45) is 1.80. The zero-order valence-electron chi connectivity index (χ0n) is 13.5. The van der Waals surface area contributed by atoms with Crippen LogP contribution in [0.15, 0.2) is 6.33 Å². The third kappa shape index (κ3) is 3.40. The summed E-state index contributed by atoms with van der Waals surface area (Å²) in [5.41, 5.74) is 2.64. The molecule has 2 N–H and O–H groups in total. The van der Waals surface area contributed by atoms with E-state index in [2.05, 4.69) is 52.8 Å². The molecule has 0 bridgehead atoms. The second-order valence-electron chi connectivity index (χ2n) is 6.68. The van der Waals surface area contributed by atoms with Crippen molar-refractivity contribution in [3.63, 3.8) is 0 Å². The first-order chi connectivity index (χ1) is 9.43. The number of aryl methyl sites for hydroxylation is 1. The maximum Gasteiger partial charge on any atom is 0.0925 e. The highest BCUT2D eigenvalue weighted by Gasteiger charge is 2.30. The molecule has 114 valence electrons. The predicted octanol–water partition coefficient (Wildman–Crippen LogP) is 1.39. The number of likely N-dealkylation sites (N-methyl/N-ethyl adjacent to an activating group) is 1. The molecule has 1 unspecified atom stereocenters. The average Bonchev–Trinajstić information content (AvgIpc) is 2.81. The largest absolute Gasteiger partial charge is 0.348 e. The fraction of sp³-hybridized carbons (Fsp3) is 0.800.